The summed E-state index contributed by atoms with van der Waals surface area (Å²) < 4.78 is 13.4. The van der Waals surface area contributed by atoms with E-state index >= 15 is 0 Å². The molecule has 0 radical (unpaired) electrons. The van der Waals surface area contributed by atoms with Crippen molar-refractivity contribution in [3.05, 3.63) is 60.8 Å². The lowest BCUT2D eigenvalue weighted by Crippen LogP contribution is -2.49. The SMILES string of the molecule is Fc1ccc(-c2c(-c3ccncc3)cnn2N2CCNCC2)cc1. The van der Waals surface area contributed by atoms with Gasteiger partial charge in [-0.05, 0) is 42.0 Å². The zero-order valence-corrected chi connectivity index (χ0v) is 13.2. The molecule has 5 nitrogen and oxygen atoms in total. The normalized spacial score (nSPS) is 14.8. The van der Waals surface area contributed by atoms with Gasteiger partial charge in [0.25, 0.3) is 0 Å². The van der Waals surface area contributed by atoms with Crippen LogP contribution in [0.15, 0.2) is 55.0 Å². The Morgan fingerprint density at radius 2 is 1.62 bits per heavy atom. The molecule has 3 aromatic rings. The van der Waals surface area contributed by atoms with Crippen LogP contribution in [0.25, 0.3) is 22.4 Å². The largest absolute Gasteiger partial charge is 0.313 e. The summed E-state index contributed by atoms with van der Waals surface area (Å²) in [5, 5.41) is 10.2. The first-order valence-electron chi connectivity index (χ1n) is 8.03. The van der Waals surface area contributed by atoms with Gasteiger partial charge in [0.05, 0.1) is 11.9 Å². The molecule has 6 heteroatoms. The van der Waals surface area contributed by atoms with E-state index in [-0.39, 0.29) is 5.82 Å². The van der Waals surface area contributed by atoms with Gasteiger partial charge in [-0.15, -0.1) is 0 Å². The second kappa shape index (κ2) is 6.41. The lowest BCUT2D eigenvalue weighted by Gasteiger charge is -2.30. The molecule has 3 heterocycles. The number of benzene rings is 1. The van der Waals surface area contributed by atoms with Crippen LogP contribution in [0.4, 0.5) is 4.39 Å². The number of rotatable bonds is 3. The van der Waals surface area contributed by atoms with Gasteiger partial charge in [0, 0.05) is 49.7 Å². The molecule has 1 aliphatic rings. The van der Waals surface area contributed by atoms with Crippen LogP contribution in [-0.2, 0) is 0 Å². The van der Waals surface area contributed by atoms with Crippen molar-refractivity contribution in [2.45, 2.75) is 0 Å². The van der Waals surface area contributed by atoms with E-state index < -0.39 is 0 Å². The Bertz CT molecular complexity index is 807. The minimum atomic E-state index is -0.238. The Hall–Kier alpha value is -2.73. The average Bonchev–Trinajstić information content (AvgIpc) is 3.09. The summed E-state index contributed by atoms with van der Waals surface area (Å²) in [6.07, 6.45) is 5.41. The molecule has 0 bridgehead atoms. The molecule has 0 aliphatic carbocycles. The minimum absolute atomic E-state index is 0.238. The van der Waals surface area contributed by atoms with E-state index in [1.54, 1.807) is 24.5 Å². The summed E-state index contributed by atoms with van der Waals surface area (Å²) in [6, 6.07) is 10.5. The quantitative estimate of drug-likeness (QED) is 0.803. The fourth-order valence-electron chi connectivity index (χ4n) is 3.02. The van der Waals surface area contributed by atoms with Crippen molar-refractivity contribution in [2.75, 3.05) is 31.2 Å². The van der Waals surface area contributed by atoms with E-state index in [1.807, 2.05) is 23.1 Å². The molecule has 1 saturated heterocycles. The summed E-state index contributed by atoms with van der Waals surface area (Å²) >= 11 is 0. The number of nitrogens with one attached hydrogen (secondary N) is 1. The van der Waals surface area contributed by atoms with Gasteiger partial charge in [-0.25, -0.2) is 4.39 Å². The van der Waals surface area contributed by atoms with Gasteiger partial charge >= 0.3 is 0 Å². The maximum absolute atomic E-state index is 13.4. The molecule has 0 amide bonds. The Balaban J connectivity index is 1.85. The zero-order valence-electron chi connectivity index (χ0n) is 13.2. The van der Waals surface area contributed by atoms with Crippen molar-refractivity contribution < 1.29 is 4.39 Å². The molecule has 0 atom stereocenters. The van der Waals surface area contributed by atoms with Crippen molar-refractivity contribution in [1.29, 1.82) is 0 Å². The number of halogens is 1. The molecule has 0 unspecified atom stereocenters. The Morgan fingerprint density at radius 3 is 2.33 bits per heavy atom. The molecule has 1 aliphatic heterocycles. The predicted molar refractivity (Wildman–Crippen MR) is 91.7 cm³/mol. The van der Waals surface area contributed by atoms with Gasteiger partial charge in [-0.3, -0.25) is 9.99 Å². The van der Waals surface area contributed by atoms with Crippen LogP contribution in [0.5, 0.6) is 0 Å². The van der Waals surface area contributed by atoms with E-state index in [1.165, 1.54) is 12.1 Å². The van der Waals surface area contributed by atoms with Gasteiger partial charge in [0.15, 0.2) is 0 Å². The maximum Gasteiger partial charge on any atom is 0.123 e. The fraction of sp³-hybridized carbons (Fsp3) is 0.222. The molecule has 1 fully saturated rings. The topological polar surface area (TPSA) is 46.0 Å². The van der Waals surface area contributed by atoms with Crippen molar-refractivity contribution >= 4 is 0 Å². The highest BCUT2D eigenvalue weighted by Gasteiger charge is 2.20. The van der Waals surface area contributed by atoms with Gasteiger partial charge in [0.2, 0.25) is 0 Å². The number of pyridine rings is 1. The zero-order chi connectivity index (χ0) is 16.4. The summed E-state index contributed by atoms with van der Waals surface area (Å²) in [7, 11) is 0. The first-order valence-corrected chi connectivity index (χ1v) is 8.03. The van der Waals surface area contributed by atoms with Crippen LogP contribution in [0, 0.1) is 5.82 Å². The van der Waals surface area contributed by atoms with Crippen molar-refractivity contribution in [3.8, 4) is 22.4 Å². The van der Waals surface area contributed by atoms with Gasteiger partial charge in [-0.1, -0.05) is 0 Å². The van der Waals surface area contributed by atoms with Gasteiger partial charge < -0.3 is 5.32 Å². The standard InChI is InChI=1S/C18H18FN5/c19-16-3-1-15(2-4-16)18-17(14-5-7-20-8-6-14)13-22-24(18)23-11-9-21-10-12-23/h1-8,13,21H,9-12H2. The number of hydrogen-bond donors (Lipinski definition) is 1. The molecule has 0 spiro atoms. The lowest BCUT2D eigenvalue weighted by molar-refractivity contribution is 0.464. The second-order valence-corrected chi connectivity index (χ2v) is 5.74. The van der Waals surface area contributed by atoms with Crippen molar-refractivity contribution in [2.24, 2.45) is 0 Å². The Kier molecular flexibility index (Phi) is 3.96. The molecule has 24 heavy (non-hydrogen) atoms. The van der Waals surface area contributed by atoms with E-state index in [9.17, 15) is 4.39 Å². The maximum atomic E-state index is 13.4. The number of aromatic nitrogens is 3. The lowest BCUT2D eigenvalue weighted by atomic mass is 10.0. The first-order chi connectivity index (χ1) is 11.8. The smallest absolute Gasteiger partial charge is 0.123 e. The third kappa shape index (κ3) is 2.76. The van der Waals surface area contributed by atoms with Crippen LogP contribution < -0.4 is 10.3 Å². The predicted octanol–water partition coefficient (Wildman–Crippen LogP) is 2.29. The van der Waals surface area contributed by atoms with Crippen molar-refractivity contribution in [3.63, 3.8) is 0 Å². The molecular formula is C18H18FN5. The summed E-state index contributed by atoms with van der Waals surface area (Å²) in [4.78, 5) is 6.03. The molecule has 4 rings (SSSR count). The highest BCUT2D eigenvalue weighted by Crippen LogP contribution is 2.32. The molecule has 2 aromatic heterocycles. The highest BCUT2D eigenvalue weighted by atomic mass is 19.1. The second-order valence-electron chi connectivity index (χ2n) is 5.74. The minimum Gasteiger partial charge on any atom is -0.313 e. The third-order valence-electron chi connectivity index (χ3n) is 4.22. The monoisotopic (exact) mass is 323 g/mol. The van der Waals surface area contributed by atoms with Crippen LogP contribution in [0.2, 0.25) is 0 Å². The van der Waals surface area contributed by atoms with Gasteiger partial charge in [-0.2, -0.15) is 9.89 Å². The summed E-state index contributed by atoms with van der Waals surface area (Å²) in [5.41, 5.74) is 3.98. The Labute approximate surface area is 139 Å². The van der Waals surface area contributed by atoms with Gasteiger partial charge in [0.1, 0.15) is 5.82 Å². The number of piperazine rings is 1. The average molecular weight is 323 g/mol. The van der Waals surface area contributed by atoms with Crippen LogP contribution >= 0.6 is 0 Å². The van der Waals surface area contributed by atoms with E-state index in [4.69, 9.17) is 0 Å². The van der Waals surface area contributed by atoms with E-state index in [2.05, 4.69) is 20.4 Å². The van der Waals surface area contributed by atoms with E-state index in [0.29, 0.717) is 0 Å². The summed E-state index contributed by atoms with van der Waals surface area (Å²) in [5.74, 6) is -0.238. The number of hydrogen-bond acceptors (Lipinski definition) is 4. The van der Waals surface area contributed by atoms with Crippen LogP contribution in [-0.4, -0.2) is 41.1 Å². The number of nitrogens with zero attached hydrogens (tertiary/aromatic N) is 4. The third-order valence-corrected chi connectivity index (χ3v) is 4.22. The molecule has 0 saturated carbocycles. The van der Waals surface area contributed by atoms with Crippen molar-refractivity contribution in [1.82, 2.24) is 20.2 Å². The van der Waals surface area contributed by atoms with E-state index in [0.717, 1.165) is 48.6 Å². The fourth-order valence-corrected chi connectivity index (χ4v) is 3.02. The molecule has 1 N–H and O–H groups in total. The first kappa shape index (κ1) is 14.8. The Morgan fingerprint density at radius 1 is 0.917 bits per heavy atom. The molecule has 122 valence electrons. The molecule has 1 aromatic carbocycles. The molecular weight excluding hydrogens is 305 g/mol. The highest BCUT2D eigenvalue weighted by molar-refractivity contribution is 5.80. The summed E-state index contributed by atoms with van der Waals surface area (Å²) in [6.45, 7) is 3.61. The van der Waals surface area contributed by atoms with Crippen LogP contribution in [0.3, 0.4) is 0 Å². The van der Waals surface area contributed by atoms with Crippen LogP contribution in [0.1, 0.15) is 0 Å².